The number of aromatic nitrogens is 2. The van der Waals surface area contributed by atoms with E-state index in [0.29, 0.717) is 69.8 Å². The third-order valence-electron chi connectivity index (χ3n) is 12.5. The van der Waals surface area contributed by atoms with Gasteiger partial charge in [-0.2, -0.15) is 0 Å². The number of ether oxygens (including phenoxy) is 2. The van der Waals surface area contributed by atoms with Gasteiger partial charge in [-0.1, -0.05) is 46.8 Å². The summed E-state index contributed by atoms with van der Waals surface area (Å²) in [5, 5.41) is 16.7. The molecule has 3 aliphatic heterocycles. The van der Waals surface area contributed by atoms with Gasteiger partial charge in [-0.15, -0.1) is 0 Å². The molecule has 0 radical (unpaired) electrons. The molecule has 14 nitrogen and oxygen atoms in total. The second-order valence-corrected chi connectivity index (χ2v) is 18.3. The third-order valence-corrected chi connectivity index (χ3v) is 12.5. The molecule has 3 amide bonds. The highest BCUT2D eigenvalue weighted by atomic mass is 16.5. The van der Waals surface area contributed by atoms with E-state index >= 15 is 0 Å². The van der Waals surface area contributed by atoms with Gasteiger partial charge in [0.2, 0.25) is 11.8 Å². The van der Waals surface area contributed by atoms with Gasteiger partial charge in [-0.05, 0) is 103 Å². The molecule has 5 heterocycles. The van der Waals surface area contributed by atoms with Crippen LogP contribution in [-0.4, -0.2) is 106 Å². The molecule has 63 heavy (non-hydrogen) atoms. The van der Waals surface area contributed by atoms with Crippen molar-refractivity contribution in [3.8, 4) is 28.1 Å². The van der Waals surface area contributed by atoms with E-state index in [9.17, 15) is 24.3 Å². The van der Waals surface area contributed by atoms with Crippen molar-refractivity contribution in [2.24, 2.45) is 16.3 Å². The molecule has 6 bridgehead atoms. The first-order valence-corrected chi connectivity index (χ1v) is 22.6. The van der Waals surface area contributed by atoms with Gasteiger partial charge in [0, 0.05) is 73.7 Å². The highest BCUT2D eigenvalue weighted by molar-refractivity contribution is 5.96. The van der Waals surface area contributed by atoms with Crippen molar-refractivity contribution in [1.29, 1.82) is 0 Å². The molecule has 3 N–H and O–H groups in total. The topological polar surface area (TPSA) is 168 Å². The van der Waals surface area contributed by atoms with E-state index in [2.05, 4.69) is 71.2 Å². The lowest BCUT2D eigenvalue weighted by Gasteiger charge is -2.36. The van der Waals surface area contributed by atoms with Crippen LogP contribution in [0, 0.1) is 11.3 Å². The predicted molar refractivity (Wildman–Crippen MR) is 243 cm³/mol. The van der Waals surface area contributed by atoms with Gasteiger partial charge < -0.3 is 29.4 Å². The molecule has 4 aromatic rings. The molecule has 3 atom stereocenters. The summed E-state index contributed by atoms with van der Waals surface area (Å²) in [4.78, 5) is 66.7. The molecule has 2 aromatic heterocycles. The zero-order valence-corrected chi connectivity index (χ0v) is 37.8. The number of phenols is 1. The number of phenolic OH excluding ortho intramolecular Hbond substituents is 1. The Morgan fingerprint density at radius 3 is 2.62 bits per heavy atom. The monoisotopic (exact) mass is 861 g/mol. The molecular formula is C49H63N7O7. The van der Waals surface area contributed by atoms with Gasteiger partial charge in [0.15, 0.2) is 5.90 Å². The van der Waals surface area contributed by atoms with Crippen molar-refractivity contribution in [2.75, 3.05) is 33.4 Å². The Bertz CT molecular complexity index is 2390. The number of fused-ring (bicyclic) bond motifs is 6. The summed E-state index contributed by atoms with van der Waals surface area (Å²) < 4.78 is 13.9. The minimum atomic E-state index is -1.11. The number of pyridine rings is 1. The molecule has 0 spiro atoms. The maximum absolute atomic E-state index is 14.6. The maximum atomic E-state index is 14.6. The van der Waals surface area contributed by atoms with Crippen molar-refractivity contribution >= 4 is 40.5 Å². The van der Waals surface area contributed by atoms with Gasteiger partial charge in [-0.3, -0.25) is 34.2 Å². The summed E-state index contributed by atoms with van der Waals surface area (Å²) in [5.41, 5.74) is 10.4. The van der Waals surface area contributed by atoms with E-state index in [1.807, 2.05) is 38.4 Å². The van der Waals surface area contributed by atoms with E-state index < -0.39 is 41.3 Å². The second kappa shape index (κ2) is 19.3. The predicted octanol–water partition coefficient (Wildman–Crippen LogP) is 6.39. The number of hydrogen-bond donors (Lipinski definition) is 3. The highest BCUT2D eigenvalue weighted by Crippen LogP contribution is 2.41. The molecule has 1 fully saturated rings. The summed E-state index contributed by atoms with van der Waals surface area (Å²) in [6.45, 7) is 14.5. The number of cyclic esters (lactones) is 1. The number of benzene rings is 2. The number of hydrogen-bond acceptors (Lipinski definition) is 10. The maximum Gasteiger partial charge on any atom is 0.324 e. The molecule has 1 saturated heterocycles. The van der Waals surface area contributed by atoms with Crippen molar-refractivity contribution in [3.63, 3.8) is 0 Å². The van der Waals surface area contributed by atoms with Crippen molar-refractivity contribution in [2.45, 2.75) is 118 Å². The van der Waals surface area contributed by atoms with Crippen LogP contribution in [0.5, 0.6) is 5.75 Å². The van der Waals surface area contributed by atoms with Crippen LogP contribution in [0.15, 0.2) is 59.9 Å². The zero-order valence-electron chi connectivity index (χ0n) is 37.8. The lowest BCUT2D eigenvalue weighted by Crippen LogP contribution is -2.62. The van der Waals surface area contributed by atoms with Gasteiger partial charge in [0.05, 0.1) is 18.8 Å². The smallest absolute Gasteiger partial charge is 0.324 e. The standard InChI is InChI=1S/C49H63N7O7/c1-8-32-17-18-50-28-38(32)45-37-27-49(5,6)29-63-48(61)39-12-11-20-56(53-39)47(60)40(52-46(59)44(30(3)4)54(7)43(58)14-10-13-42-51-19-21-62-42)24-31-22-34(25-35(57)23-31)33-15-16-41(36(37)26-33)55(45)9-2/h15-18,22-23,25-26,28,30,39-40,44,53,57H,8-14,19-21,24,27,29H2,1-7H3,(H,52,59)/t39-,40-,44-/m0/s1. The van der Waals surface area contributed by atoms with Crippen LogP contribution in [0.3, 0.4) is 0 Å². The lowest BCUT2D eigenvalue weighted by molar-refractivity contribution is -0.155. The normalized spacial score (nSPS) is 19.6. The number of carbonyl (C=O) groups excluding carboxylic acids is 4. The SMILES string of the molecule is CCc1ccncc1-c1c2c3cc(ccc3n1CC)-c1cc(O)cc(c1)C[C@H](NC(=O)[C@H](C(C)C)N(C)C(=O)CCCC1=NCCO1)C(=O)N1CCC[C@H](N1)C(=O)OCC(C)(C)C2. The summed E-state index contributed by atoms with van der Waals surface area (Å²) in [7, 11) is 1.62. The second-order valence-electron chi connectivity index (χ2n) is 18.3. The van der Waals surface area contributed by atoms with Crippen LogP contribution >= 0.6 is 0 Å². The van der Waals surface area contributed by atoms with Crippen molar-refractivity contribution in [3.05, 3.63) is 71.5 Å². The van der Waals surface area contributed by atoms with Gasteiger partial charge in [0.1, 0.15) is 30.5 Å². The quantitative estimate of drug-likeness (QED) is 0.145. The number of hydrazine groups is 1. The van der Waals surface area contributed by atoms with Crippen LogP contribution in [0.2, 0.25) is 0 Å². The number of nitrogens with zero attached hydrogens (tertiary/aromatic N) is 5. The molecule has 0 aliphatic carbocycles. The van der Waals surface area contributed by atoms with Crippen LogP contribution in [0.25, 0.3) is 33.3 Å². The van der Waals surface area contributed by atoms with Crippen molar-refractivity contribution < 1.29 is 33.8 Å². The Hall–Kier alpha value is -5.76. The summed E-state index contributed by atoms with van der Waals surface area (Å²) in [6.07, 6.45) is 7.51. The molecule has 3 aliphatic rings. The van der Waals surface area contributed by atoms with E-state index in [1.54, 1.807) is 19.2 Å². The van der Waals surface area contributed by atoms with E-state index in [0.717, 1.165) is 45.3 Å². The van der Waals surface area contributed by atoms with Crippen molar-refractivity contribution in [1.82, 2.24) is 30.2 Å². The summed E-state index contributed by atoms with van der Waals surface area (Å²) in [5.74, 6) is -1.19. The minimum Gasteiger partial charge on any atom is -0.508 e. The number of nitrogens with one attached hydrogen (secondary N) is 2. The number of aryl methyl sites for hydroxylation is 2. The number of aliphatic imine (C=N–C) groups is 1. The van der Waals surface area contributed by atoms with Gasteiger partial charge >= 0.3 is 5.97 Å². The number of esters is 1. The Morgan fingerprint density at radius 1 is 1.08 bits per heavy atom. The molecule has 0 unspecified atom stereocenters. The lowest BCUT2D eigenvalue weighted by atomic mass is 9.84. The number of aromatic hydroxyl groups is 1. The largest absolute Gasteiger partial charge is 0.508 e. The Kier molecular flexibility index (Phi) is 13.9. The average molecular weight is 862 g/mol. The van der Waals surface area contributed by atoms with Crippen LogP contribution in [0.1, 0.15) is 90.3 Å². The van der Waals surface area contributed by atoms with Crippen LogP contribution in [0.4, 0.5) is 0 Å². The number of amides is 3. The highest BCUT2D eigenvalue weighted by Gasteiger charge is 2.38. The first-order valence-electron chi connectivity index (χ1n) is 22.6. The third kappa shape index (κ3) is 10.1. The first-order chi connectivity index (χ1) is 30.2. The molecule has 14 heteroatoms. The molecular weight excluding hydrogens is 799 g/mol. The van der Waals surface area contributed by atoms with E-state index in [1.165, 1.54) is 15.5 Å². The number of carbonyl (C=O) groups is 4. The Morgan fingerprint density at radius 2 is 1.89 bits per heavy atom. The fourth-order valence-electron chi connectivity index (χ4n) is 9.39. The first kappa shape index (κ1) is 45.3. The van der Waals surface area contributed by atoms with Crippen LogP contribution < -0.4 is 10.7 Å². The average Bonchev–Trinajstić information content (AvgIpc) is 3.89. The molecule has 0 saturated carbocycles. The molecule has 336 valence electrons. The molecule has 7 rings (SSSR count). The van der Waals surface area contributed by atoms with Gasteiger partial charge in [-0.25, -0.2) is 5.43 Å². The summed E-state index contributed by atoms with van der Waals surface area (Å²) >= 11 is 0. The van der Waals surface area contributed by atoms with E-state index in [4.69, 9.17) is 9.47 Å². The fraction of sp³-hybridized carbons (Fsp3) is 0.510. The Labute approximate surface area is 370 Å². The van der Waals surface area contributed by atoms with Crippen LogP contribution in [-0.2, 0) is 54.5 Å². The van der Waals surface area contributed by atoms with E-state index in [-0.39, 0.29) is 37.0 Å². The summed E-state index contributed by atoms with van der Waals surface area (Å²) in [6, 6.07) is 10.9. The minimum absolute atomic E-state index is 0.0175. The molecule has 2 aromatic carbocycles. The Balaban J connectivity index is 1.28. The fourth-order valence-corrected chi connectivity index (χ4v) is 9.39. The zero-order chi connectivity index (χ0) is 45.0. The number of rotatable bonds is 11. The van der Waals surface area contributed by atoms with Gasteiger partial charge in [0.25, 0.3) is 5.91 Å². The number of likely N-dealkylation sites (N-methyl/N-ethyl adjacent to an activating group) is 1.